The van der Waals surface area contributed by atoms with E-state index >= 15 is 0 Å². The number of ketones is 1. The van der Waals surface area contributed by atoms with Crippen molar-refractivity contribution in [3.05, 3.63) is 56.6 Å². The van der Waals surface area contributed by atoms with Crippen molar-refractivity contribution in [3.8, 4) is 17.2 Å². The number of nitrogens with zero attached hydrogens (tertiary/aromatic N) is 1. The Morgan fingerprint density at radius 3 is 2.52 bits per heavy atom. The van der Waals surface area contributed by atoms with Gasteiger partial charge < -0.3 is 9.47 Å². The Bertz CT molecular complexity index is 764. The van der Waals surface area contributed by atoms with Crippen molar-refractivity contribution < 1.29 is 19.2 Å². The molecule has 0 aliphatic rings. The molecule has 2 rings (SSSR count). The van der Waals surface area contributed by atoms with E-state index in [2.05, 4.69) is 0 Å². The third kappa shape index (κ3) is 4.58. The van der Waals surface area contributed by atoms with Crippen LogP contribution in [0.5, 0.6) is 17.2 Å². The Kier molecular flexibility index (Phi) is 5.41. The Balaban J connectivity index is 2.30. The minimum Gasteiger partial charge on any atom is -0.479 e. The predicted octanol–water partition coefficient (Wildman–Crippen LogP) is 4.66. The minimum absolute atomic E-state index is 0.0622. The quantitative estimate of drug-likeness (QED) is 0.556. The summed E-state index contributed by atoms with van der Waals surface area (Å²) in [4.78, 5) is 21.4. The van der Waals surface area contributed by atoms with Gasteiger partial charge >= 0.3 is 5.69 Å². The Morgan fingerprint density at radius 1 is 1.17 bits per heavy atom. The van der Waals surface area contributed by atoms with Gasteiger partial charge in [0.25, 0.3) is 0 Å². The van der Waals surface area contributed by atoms with E-state index in [1.54, 1.807) is 12.1 Å². The number of rotatable bonds is 6. The van der Waals surface area contributed by atoms with Gasteiger partial charge in [0.2, 0.25) is 5.75 Å². The number of Topliss-reactive ketones (excluding diaryl/α,β-unsaturated/α-hetero) is 1. The molecule has 0 atom stereocenters. The monoisotopic (exact) mass is 355 g/mol. The normalized spacial score (nSPS) is 10.2. The van der Waals surface area contributed by atoms with E-state index in [0.717, 1.165) is 0 Å². The first-order valence-electron chi connectivity index (χ1n) is 6.40. The molecule has 23 heavy (non-hydrogen) atoms. The standard InChI is InChI=1S/C15H11Cl2NO5/c1-9(19)8-22-15-7-11(3-4-13(15)18(20)21)23-14-5-2-10(16)6-12(14)17/h2-7H,8H2,1H3. The van der Waals surface area contributed by atoms with Crippen LogP contribution in [0.2, 0.25) is 10.0 Å². The molecular weight excluding hydrogens is 345 g/mol. The highest BCUT2D eigenvalue weighted by atomic mass is 35.5. The zero-order chi connectivity index (χ0) is 17.0. The fourth-order valence-corrected chi connectivity index (χ4v) is 2.14. The number of hydrogen-bond donors (Lipinski definition) is 0. The topological polar surface area (TPSA) is 78.7 Å². The van der Waals surface area contributed by atoms with Gasteiger partial charge in [-0.15, -0.1) is 0 Å². The van der Waals surface area contributed by atoms with Crippen LogP contribution in [0.4, 0.5) is 5.69 Å². The molecule has 0 bridgehead atoms. The van der Waals surface area contributed by atoms with Crippen molar-refractivity contribution in [2.45, 2.75) is 6.92 Å². The van der Waals surface area contributed by atoms with Gasteiger partial charge in [0.15, 0.2) is 5.78 Å². The number of ether oxygens (including phenoxy) is 2. The first-order valence-corrected chi connectivity index (χ1v) is 7.16. The van der Waals surface area contributed by atoms with E-state index in [4.69, 9.17) is 32.7 Å². The first kappa shape index (κ1) is 17.1. The summed E-state index contributed by atoms with van der Waals surface area (Å²) in [7, 11) is 0. The van der Waals surface area contributed by atoms with Crippen LogP contribution < -0.4 is 9.47 Å². The van der Waals surface area contributed by atoms with Crippen LogP contribution in [0.15, 0.2) is 36.4 Å². The van der Waals surface area contributed by atoms with Crippen LogP contribution in [-0.4, -0.2) is 17.3 Å². The third-order valence-corrected chi connectivity index (χ3v) is 3.21. The van der Waals surface area contributed by atoms with E-state index in [1.807, 2.05) is 0 Å². The number of carbonyl (C=O) groups excluding carboxylic acids is 1. The van der Waals surface area contributed by atoms with Crippen LogP contribution in [0.25, 0.3) is 0 Å². The molecule has 0 saturated carbocycles. The van der Waals surface area contributed by atoms with E-state index in [-0.39, 0.29) is 29.6 Å². The maximum atomic E-state index is 11.0. The van der Waals surface area contributed by atoms with E-state index in [0.29, 0.717) is 15.8 Å². The summed E-state index contributed by atoms with van der Waals surface area (Å²) >= 11 is 11.8. The Hall–Kier alpha value is -2.31. The first-order chi connectivity index (χ1) is 10.9. The summed E-state index contributed by atoms with van der Waals surface area (Å²) in [5.74, 6) is 0.292. The molecule has 0 unspecified atom stereocenters. The summed E-state index contributed by atoms with van der Waals surface area (Å²) in [6.07, 6.45) is 0. The van der Waals surface area contributed by atoms with Crippen molar-refractivity contribution in [3.63, 3.8) is 0 Å². The van der Waals surface area contributed by atoms with Gasteiger partial charge in [-0.1, -0.05) is 23.2 Å². The second-order valence-corrected chi connectivity index (χ2v) is 5.40. The molecule has 0 amide bonds. The smallest absolute Gasteiger partial charge is 0.311 e. The maximum Gasteiger partial charge on any atom is 0.311 e. The Morgan fingerprint density at radius 2 is 1.91 bits per heavy atom. The number of halogens is 2. The molecule has 0 radical (unpaired) electrons. The van der Waals surface area contributed by atoms with Crippen LogP contribution in [0, 0.1) is 10.1 Å². The summed E-state index contributed by atoms with van der Waals surface area (Å²) < 4.78 is 10.7. The molecule has 0 aliphatic heterocycles. The molecule has 2 aromatic carbocycles. The molecule has 0 aliphatic carbocycles. The van der Waals surface area contributed by atoms with Gasteiger partial charge in [0.05, 0.1) is 9.95 Å². The van der Waals surface area contributed by atoms with Crippen molar-refractivity contribution in [2.75, 3.05) is 6.61 Å². The maximum absolute atomic E-state index is 11.0. The molecule has 0 fully saturated rings. The zero-order valence-electron chi connectivity index (χ0n) is 11.9. The van der Waals surface area contributed by atoms with Gasteiger partial charge in [-0.3, -0.25) is 14.9 Å². The summed E-state index contributed by atoms with van der Waals surface area (Å²) in [5, 5.41) is 11.7. The number of nitro benzene ring substituents is 1. The molecule has 6 nitrogen and oxygen atoms in total. The van der Waals surface area contributed by atoms with Crippen molar-refractivity contribution >= 4 is 34.7 Å². The van der Waals surface area contributed by atoms with Crippen molar-refractivity contribution in [1.82, 2.24) is 0 Å². The number of nitro groups is 1. The average Bonchev–Trinajstić information content (AvgIpc) is 2.48. The summed E-state index contributed by atoms with van der Waals surface area (Å²) in [6, 6.07) is 8.64. The van der Waals surface area contributed by atoms with Crippen LogP contribution >= 0.6 is 23.2 Å². The molecule has 0 heterocycles. The highest BCUT2D eigenvalue weighted by Gasteiger charge is 2.17. The van der Waals surface area contributed by atoms with Crippen LogP contribution in [0.3, 0.4) is 0 Å². The highest BCUT2D eigenvalue weighted by Crippen LogP contribution is 2.36. The van der Waals surface area contributed by atoms with E-state index in [1.165, 1.54) is 31.2 Å². The molecule has 0 aromatic heterocycles. The molecule has 120 valence electrons. The zero-order valence-corrected chi connectivity index (χ0v) is 13.4. The lowest BCUT2D eigenvalue weighted by Gasteiger charge is -2.10. The third-order valence-electron chi connectivity index (χ3n) is 2.68. The minimum atomic E-state index is -0.603. The second-order valence-electron chi connectivity index (χ2n) is 4.55. The van der Waals surface area contributed by atoms with Gasteiger partial charge in [-0.05, 0) is 31.2 Å². The molecule has 2 aromatic rings. The number of benzene rings is 2. The fourth-order valence-electron chi connectivity index (χ4n) is 1.69. The number of carbonyl (C=O) groups is 1. The predicted molar refractivity (Wildman–Crippen MR) is 85.8 cm³/mol. The van der Waals surface area contributed by atoms with Gasteiger partial charge in [-0.2, -0.15) is 0 Å². The molecule has 0 spiro atoms. The van der Waals surface area contributed by atoms with E-state index < -0.39 is 4.92 Å². The van der Waals surface area contributed by atoms with E-state index in [9.17, 15) is 14.9 Å². The van der Waals surface area contributed by atoms with Gasteiger partial charge in [-0.25, -0.2) is 0 Å². The molecular formula is C15H11Cl2NO5. The lowest BCUT2D eigenvalue weighted by molar-refractivity contribution is -0.385. The molecule has 0 saturated heterocycles. The Labute approximate surface area is 141 Å². The van der Waals surface area contributed by atoms with Gasteiger partial charge in [0.1, 0.15) is 18.1 Å². The second kappa shape index (κ2) is 7.30. The molecule has 8 heteroatoms. The summed E-state index contributed by atoms with van der Waals surface area (Å²) in [5.41, 5.74) is -0.263. The number of hydrogen-bond acceptors (Lipinski definition) is 5. The van der Waals surface area contributed by atoms with Crippen molar-refractivity contribution in [2.24, 2.45) is 0 Å². The molecule has 0 N–H and O–H groups in total. The summed E-state index contributed by atoms with van der Waals surface area (Å²) in [6.45, 7) is 1.05. The highest BCUT2D eigenvalue weighted by molar-refractivity contribution is 6.35. The fraction of sp³-hybridized carbons (Fsp3) is 0.133. The lowest BCUT2D eigenvalue weighted by Crippen LogP contribution is -2.08. The van der Waals surface area contributed by atoms with Crippen LogP contribution in [0.1, 0.15) is 6.92 Å². The SMILES string of the molecule is CC(=O)COc1cc(Oc2ccc(Cl)cc2Cl)ccc1[N+](=O)[O-]. The largest absolute Gasteiger partial charge is 0.479 e. The van der Waals surface area contributed by atoms with Gasteiger partial charge in [0, 0.05) is 17.2 Å². The van der Waals surface area contributed by atoms with Crippen molar-refractivity contribution in [1.29, 1.82) is 0 Å². The average molecular weight is 356 g/mol. The van der Waals surface area contributed by atoms with Crippen LogP contribution in [-0.2, 0) is 4.79 Å². The lowest BCUT2D eigenvalue weighted by atomic mass is 10.2.